The smallest absolute Gasteiger partial charge is 0.249 e. The Bertz CT molecular complexity index is 1070. The Morgan fingerprint density at radius 1 is 1.26 bits per heavy atom. The van der Waals surface area contributed by atoms with E-state index in [1.165, 1.54) is 24.1 Å². The predicted molar refractivity (Wildman–Crippen MR) is 109 cm³/mol. The van der Waals surface area contributed by atoms with Crippen LogP contribution < -0.4 is 15.0 Å². The number of anilines is 1. The molecule has 2 aromatic rings. The van der Waals surface area contributed by atoms with E-state index in [2.05, 4.69) is 5.32 Å². The van der Waals surface area contributed by atoms with Crippen LogP contribution in [0.2, 0.25) is 5.02 Å². The van der Waals surface area contributed by atoms with Crippen molar-refractivity contribution in [1.82, 2.24) is 5.32 Å². The molecule has 0 bridgehead atoms. The molecule has 1 N–H and O–H groups in total. The Labute approximate surface area is 182 Å². The molecule has 31 heavy (non-hydrogen) atoms. The monoisotopic (exact) mass is 452 g/mol. The van der Waals surface area contributed by atoms with Gasteiger partial charge in [-0.05, 0) is 30.2 Å². The van der Waals surface area contributed by atoms with Crippen LogP contribution in [-0.2, 0) is 16.0 Å². The van der Waals surface area contributed by atoms with Gasteiger partial charge in [-0.1, -0.05) is 23.7 Å². The van der Waals surface area contributed by atoms with Crippen LogP contribution in [0.1, 0.15) is 24.0 Å². The Morgan fingerprint density at radius 2 is 1.97 bits per heavy atom. The average molecular weight is 453 g/mol. The maximum atomic E-state index is 13.7. The van der Waals surface area contributed by atoms with E-state index < -0.39 is 48.4 Å². The van der Waals surface area contributed by atoms with Gasteiger partial charge in [0.25, 0.3) is 0 Å². The number of amides is 2. The third-order valence-electron chi connectivity index (χ3n) is 5.68. The van der Waals surface area contributed by atoms with Crippen LogP contribution in [-0.4, -0.2) is 30.8 Å². The van der Waals surface area contributed by atoms with Crippen molar-refractivity contribution in [3.63, 3.8) is 0 Å². The van der Waals surface area contributed by atoms with Gasteiger partial charge in [-0.15, -0.1) is 0 Å². The number of carbonyl (C=O) groups is 2. The minimum absolute atomic E-state index is 0.111. The van der Waals surface area contributed by atoms with E-state index in [1.54, 1.807) is 13.0 Å². The molecule has 0 aromatic heterocycles. The molecule has 164 valence electrons. The Kier molecular flexibility index (Phi) is 5.37. The molecule has 0 spiro atoms. The standard InChI is InChI=1S/C22H20ClF3N2O3/c1-11-3-4-12-7-16(27-20(29)13-9-22(25,26)10-13)21(30)28(2)18(12)19(11)31-17-8-14(24)5-6-15(17)23/h3-6,8,13,16H,7,9-10H2,1-2H3,(H,27,29)/t16-/m1/s1. The van der Waals surface area contributed by atoms with E-state index in [0.717, 1.165) is 11.6 Å². The topological polar surface area (TPSA) is 58.6 Å². The van der Waals surface area contributed by atoms with Gasteiger partial charge in [0.1, 0.15) is 17.6 Å². The van der Waals surface area contributed by atoms with Gasteiger partial charge < -0.3 is 15.0 Å². The summed E-state index contributed by atoms with van der Waals surface area (Å²) in [7, 11) is 1.54. The number of ether oxygens (including phenoxy) is 1. The summed E-state index contributed by atoms with van der Waals surface area (Å²) in [5.41, 5.74) is 1.92. The van der Waals surface area contributed by atoms with Crippen molar-refractivity contribution in [2.45, 2.75) is 38.2 Å². The van der Waals surface area contributed by atoms with E-state index >= 15 is 0 Å². The number of nitrogens with zero attached hydrogens (tertiary/aromatic N) is 1. The molecule has 4 rings (SSSR count). The first-order chi connectivity index (χ1) is 14.6. The Balaban J connectivity index is 1.60. The molecule has 0 radical (unpaired) electrons. The summed E-state index contributed by atoms with van der Waals surface area (Å²) in [6, 6.07) is 6.47. The fourth-order valence-corrected chi connectivity index (χ4v) is 4.10. The van der Waals surface area contributed by atoms with E-state index in [9.17, 15) is 22.8 Å². The van der Waals surface area contributed by atoms with Crippen molar-refractivity contribution >= 4 is 29.1 Å². The van der Waals surface area contributed by atoms with E-state index in [-0.39, 0.29) is 17.2 Å². The van der Waals surface area contributed by atoms with Crippen LogP contribution in [0.4, 0.5) is 18.9 Å². The van der Waals surface area contributed by atoms with E-state index in [4.69, 9.17) is 16.3 Å². The average Bonchev–Trinajstić information content (AvgIpc) is 2.68. The van der Waals surface area contributed by atoms with E-state index in [1.807, 2.05) is 6.07 Å². The summed E-state index contributed by atoms with van der Waals surface area (Å²) in [5.74, 6) is -4.60. The zero-order valence-electron chi connectivity index (χ0n) is 16.8. The van der Waals surface area contributed by atoms with Gasteiger partial charge in [-0.25, -0.2) is 13.2 Å². The highest BCUT2D eigenvalue weighted by Crippen LogP contribution is 2.44. The van der Waals surface area contributed by atoms with Gasteiger partial charge in [0.05, 0.1) is 10.7 Å². The molecule has 1 aliphatic heterocycles. The predicted octanol–water partition coefficient (Wildman–Crippen LogP) is 4.63. The van der Waals surface area contributed by atoms with Crippen LogP contribution >= 0.6 is 11.6 Å². The molecule has 1 atom stereocenters. The lowest BCUT2D eigenvalue weighted by atomic mass is 9.80. The molecule has 0 unspecified atom stereocenters. The normalized spacial score (nSPS) is 20.1. The SMILES string of the molecule is Cc1ccc2c(c1Oc1cc(F)ccc1Cl)N(C)C(=O)[C@H](NC(=O)C1CC(F)(F)C1)C2. The molecule has 2 aromatic carbocycles. The number of hydrogen-bond acceptors (Lipinski definition) is 3. The fourth-order valence-electron chi connectivity index (χ4n) is 3.94. The lowest BCUT2D eigenvalue weighted by Crippen LogP contribution is -2.55. The summed E-state index contributed by atoms with van der Waals surface area (Å²) in [6.07, 6.45) is -0.823. The quantitative estimate of drug-likeness (QED) is 0.736. The van der Waals surface area contributed by atoms with Crippen molar-refractivity contribution < 1.29 is 27.5 Å². The third-order valence-corrected chi connectivity index (χ3v) is 5.99. The maximum Gasteiger partial charge on any atom is 0.249 e. The number of benzene rings is 2. The number of fused-ring (bicyclic) bond motifs is 1. The first-order valence-corrected chi connectivity index (χ1v) is 10.1. The van der Waals surface area contributed by atoms with E-state index in [0.29, 0.717) is 17.0 Å². The zero-order valence-corrected chi connectivity index (χ0v) is 17.6. The molecule has 1 saturated carbocycles. The van der Waals surface area contributed by atoms with Gasteiger partial charge >= 0.3 is 0 Å². The molecule has 1 heterocycles. The van der Waals surface area contributed by atoms with Crippen molar-refractivity contribution in [2.75, 3.05) is 11.9 Å². The lowest BCUT2D eigenvalue weighted by Gasteiger charge is -2.37. The minimum atomic E-state index is -2.82. The second-order valence-electron chi connectivity index (χ2n) is 8.02. The largest absolute Gasteiger partial charge is 0.453 e. The van der Waals surface area contributed by atoms with Gasteiger partial charge in [0, 0.05) is 38.3 Å². The highest BCUT2D eigenvalue weighted by molar-refractivity contribution is 6.32. The van der Waals surface area contributed by atoms with Crippen molar-refractivity contribution in [3.05, 3.63) is 52.3 Å². The summed E-state index contributed by atoms with van der Waals surface area (Å²) >= 11 is 6.12. The summed E-state index contributed by atoms with van der Waals surface area (Å²) in [5, 5.41) is 2.82. The molecule has 1 fully saturated rings. The molecular formula is C22H20ClF3N2O3. The number of aryl methyl sites for hydroxylation is 1. The number of alkyl halides is 2. The fraction of sp³-hybridized carbons (Fsp3) is 0.364. The second-order valence-corrected chi connectivity index (χ2v) is 8.43. The van der Waals surface area contributed by atoms with Crippen LogP contribution in [0.3, 0.4) is 0 Å². The van der Waals surface area contributed by atoms with Crippen LogP contribution in [0.25, 0.3) is 0 Å². The van der Waals surface area contributed by atoms with Gasteiger partial charge in [0.2, 0.25) is 17.7 Å². The molecule has 2 amide bonds. The first-order valence-electron chi connectivity index (χ1n) is 9.77. The van der Waals surface area contributed by atoms with Crippen LogP contribution in [0, 0.1) is 18.7 Å². The van der Waals surface area contributed by atoms with Gasteiger partial charge in [0.15, 0.2) is 5.75 Å². The van der Waals surface area contributed by atoms with Crippen LogP contribution in [0.15, 0.2) is 30.3 Å². The first kappa shape index (κ1) is 21.5. The van der Waals surface area contributed by atoms with Crippen molar-refractivity contribution in [1.29, 1.82) is 0 Å². The van der Waals surface area contributed by atoms with Crippen molar-refractivity contribution in [2.24, 2.45) is 5.92 Å². The number of halogens is 4. The summed E-state index contributed by atoms with van der Waals surface area (Å²) in [6.45, 7) is 1.78. The number of carbonyl (C=O) groups excluding carboxylic acids is 2. The summed E-state index contributed by atoms with van der Waals surface area (Å²) in [4.78, 5) is 26.6. The number of hydrogen-bond donors (Lipinski definition) is 1. The molecule has 5 nitrogen and oxygen atoms in total. The Hall–Kier alpha value is -2.74. The molecule has 1 aliphatic carbocycles. The highest BCUT2D eigenvalue weighted by Gasteiger charge is 2.49. The second kappa shape index (κ2) is 7.75. The maximum absolute atomic E-state index is 13.7. The minimum Gasteiger partial charge on any atom is -0.453 e. The van der Waals surface area contributed by atoms with Gasteiger partial charge in [-0.3, -0.25) is 9.59 Å². The van der Waals surface area contributed by atoms with Gasteiger partial charge in [-0.2, -0.15) is 0 Å². The highest BCUT2D eigenvalue weighted by atomic mass is 35.5. The van der Waals surface area contributed by atoms with Crippen molar-refractivity contribution in [3.8, 4) is 11.5 Å². The molecular weight excluding hydrogens is 433 g/mol. The summed E-state index contributed by atoms with van der Waals surface area (Å²) < 4.78 is 45.7. The Morgan fingerprint density at radius 3 is 2.65 bits per heavy atom. The van der Waals surface area contributed by atoms with Crippen LogP contribution in [0.5, 0.6) is 11.5 Å². The molecule has 9 heteroatoms. The third kappa shape index (κ3) is 4.08. The zero-order chi connectivity index (χ0) is 22.5. The molecule has 0 saturated heterocycles. The number of rotatable bonds is 4. The number of nitrogens with one attached hydrogen (secondary N) is 1. The molecule has 2 aliphatic rings. The number of likely N-dealkylation sites (N-methyl/N-ethyl adjacent to an activating group) is 1. The lowest BCUT2D eigenvalue weighted by molar-refractivity contribution is -0.151.